The van der Waals surface area contributed by atoms with E-state index >= 15 is 0 Å². The molecule has 0 amide bonds. The van der Waals surface area contributed by atoms with E-state index in [4.69, 9.17) is 9.47 Å². The van der Waals surface area contributed by atoms with Crippen molar-refractivity contribution in [2.45, 2.75) is 25.7 Å². The second kappa shape index (κ2) is 6.51. The maximum atomic E-state index is 13.9. The summed E-state index contributed by atoms with van der Waals surface area (Å²) in [6.45, 7) is 4.05. The first-order valence-electron chi connectivity index (χ1n) is 8.28. The molecular weight excluding hydrogens is 295 g/mol. The van der Waals surface area contributed by atoms with E-state index in [0.29, 0.717) is 25.7 Å². The van der Waals surface area contributed by atoms with Gasteiger partial charge in [0.2, 0.25) is 0 Å². The number of rotatable bonds is 3. The molecule has 5 heteroatoms. The van der Waals surface area contributed by atoms with Crippen LogP contribution in [0.1, 0.15) is 18.4 Å². The number of fused-ring (bicyclic) bond motifs is 1. The fourth-order valence-corrected chi connectivity index (χ4v) is 3.69. The summed E-state index contributed by atoms with van der Waals surface area (Å²) >= 11 is 0. The normalized spacial score (nSPS) is 23.6. The van der Waals surface area contributed by atoms with E-state index in [9.17, 15) is 4.39 Å². The highest BCUT2D eigenvalue weighted by atomic mass is 19.1. The van der Waals surface area contributed by atoms with Crippen molar-refractivity contribution in [2.24, 2.45) is 5.92 Å². The van der Waals surface area contributed by atoms with Crippen LogP contribution in [0.25, 0.3) is 10.9 Å². The Morgan fingerprint density at radius 1 is 1.26 bits per heavy atom. The first-order valence-corrected chi connectivity index (χ1v) is 8.28. The first kappa shape index (κ1) is 15.0. The fourth-order valence-electron chi connectivity index (χ4n) is 3.69. The predicted molar refractivity (Wildman–Crippen MR) is 85.4 cm³/mol. The minimum absolute atomic E-state index is 0.0693. The molecule has 0 saturated carbocycles. The number of piperidine rings is 1. The van der Waals surface area contributed by atoms with Crippen LogP contribution >= 0.6 is 0 Å². The minimum atomic E-state index is -0.198. The number of halogens is 1. The van der Waals surface area contributed by atoms with Crippen LogP contribution in [0.2, 0.25) is 0 Å². The third-order valence-electron chi connectivity index (χ3n) is 4.72. The van der Waals surface area contributed by atoms with Crippen molar-refractivity contribution >= 4 is 10.9 Å². The van der Waals surface area contributed by atoms with E-state index in [1.54, 1.807) is 18.3 Å². The van der Waals surface area contributed by atoms with Crippen molar-refractivity contribution in [3.8, 4) is 0 Å². The van der Waals surface area contributed by atoms with Gasteiger partial charge in [-0.25, -0.2) is 4.39 Å². The summed E-state index contributed by atoms with van der Waals surface area (Å²) in [6.07, 6.45) is 3.95. The highest BCUT2D eigenvalue weighted by molar-refractivity contribution is 5.81. The SMILES string of the molecule is Fc1cc(CN2CCCC(C3OCCO3)C2)c2ncccc2c1. The Morgan fingerprint density at radius 3 is 3.00 bits per heavy atom. The minimum Gasteiger partial charge on any atom is -0.350 e. The van der Waals surface area contributed by atoms with Crippen LogP contribution in [0.15, 0.2) is 30.5 Å². The standard InChI is InChI=1S/C18H21FN2O2/c19-16-9-13-3-1-5-20-17(13)15(10-16)12-21-6-2-4-14(11-21)18-22-7-8-23-18/h1,3,5,9-10,14,18H,2,4,6-8,11-12H2. The molecule has 1 unspecified atom stereocenters. The molecule has 1 aromatic carbocycles. The molecule has 23 heavy (non-hydrogen) atoms. The molecule has 0 aliphatic carbocycles. The number of likely N-dealkylation sites (tertiary alicyclic amines) is 1. The Morgan fingerprint density at radius 2 is 2.13 bits per heavy atom. The average Bonchev–Trinajstić information content (AvgIpc) is 3.09. The van der Waals surface area contributed by atoms with Gasteiger partial charge in [0.05, 0.1) is 18.7 Å². The zero-order valence-electron chi connectivity index (χ0n) is 13.1. The van der Waals surface area contributed by atoms with Crippen LogP contribution in [0.3, 0.4) is 0 Å². The van der Waals surface area contributed by atoms with Crippen molar-refractivity contribution in [3.05, 3.63) is 41.8 Å². The monoisotopic (exact) mass is 316 g/mol. The van der Waals surface area contributed by atoms with Gasteiger partial charge in [-0.3, -0.25) is 9.88 Å². The van der Waals surface area contributed by atoms with Crippen molar-refractivity contribution in [1.82, 2.24) is 9.88 Å². The maximum absolute atomic E-state index is 13.9. The summed E-state index contributed by atoms with van der Waals surface area (Å²) in [6, 6.07) is 6.91. The highest BCUT2D eigenvalue weighted by Crippen LogP contribution is 2.27. The zero-order valence-corrected chi connectivity index (χ0v) is 13.1. The van der Waals surface area contributed by atoms with Crippen LogP contribution < -0.4 is 0 Å². The Kier molecular flexibility index (Phi) is 4.25. The Bertz CT molecular complexity index is 688. The number of aromatic nitrogens is 1. The Labute approximate surface area is 135 Å². The number of benzene rings is 1. The lowest BCUT2D eigenvalue weighted by Gasteiger charge is -2.34. The lowest BCUT2D eigenvalue weighted by atomic mass is 9.96. The van der Waals surface area contributed by atoms with E-state index < -0.39 is 0 Å². The fraction of sp³-hybridized carbons (Fsp3) is 0.500. The van der Waals surface area contributed by atoms with Gasteiger partial charge in [0.1, 0.15) is 5.82 Å². The van der Waals surface area contributed by atoms with E-state index in [0.717, 1.165) is 42.4 Å². The summed E-state index contributed by atoms with van der Waals surface area (Å²) in [5, 5.41) is 0.860. The van der Waals surface area contributed by atoms with Crippen LogP contribution in [0.4, 0.5) is 4.39 Å². The third kappa shape index (κ3) is 3.22. The van der Waals surface area contributed by atoms with E-state index in [2.05, 4.69) is 9.88 Å². The molecule has 2 fully saturated rings. The summed E-state index contributed by atoms with van der Waals surface area (Å²) in [7, 11) is 0. The number of ether oxygens (including phenoxy) is 2. The summed E-state index contributed by atoms with van der Waals surface area (Å²) in [5.41, 5.74) is 1.85. The summed E-state index contributed by atoms with van der Waals surface area (Å²) in [5.74, 6) is 0.204. The lowest BCUT2D eigenvalue weighted by Crippen LogP contribution is -2.40. The van der Waals surface area contributed by atoms with Gasteiger partial charge in [-0.1, -0.05) is 6.07 Å². The molecule has 4 nitrogen and oxygen atoms in total. The number of hydrogen-bond acceptors (Lipinski definition) is 4. The van der Waals surface area contributed by atoms with Crippen LogP contribution in [-0.4, -0.2) is 42.5 Å². The third-order valence-corrected chi connectivity index (χ3v) is 4.72. The van der Waals surface area contributed by atoms with Gasteiger partial charge in [0, 0.05) is 30.6 Å². The number of nitrogens with zero attached hydrogens (tertiary/aromatic N) is 2. The van der Waals surface area contributed by atoms with Crippen LogP contribution in [0, 0.1) is 11.7 Å². The molecule has 0 bridgehead atoms. The lowest BCUT2D eigenvalue weighted by molar-refractivity contribution is -0.101. The van der Waals surface area contributed by atoms with Crippen molar-refractivity contribution in [2.75, 3.05) is 26.3 Å². The molecule has 0 N–H and O–H groups in total. The number of pyridine rings is 1. The largest absolute Gasteiger partial charge is 0.350 e. The Balaban J connectivity index is 1.53. The second-order valence-corrected chi connectivity index (χ2v) is 6.39. The molecule has 2 aliphatic rings. The molecule has 122 valence electrons. The van der Waals surface area contributed by atoms with E-state index in [-0.39, 0.29) is 12.1 Å². The summed E-state index contributed by atoms with van der Waals surface area (Å²) < 4.78 is 25.2. The van der Waals surface area contributed by atoms with Crippen molar-refractivity contribution in [3.63, 3.8) is 0 Å². The number of hydrogen-bond donors (Lipinski definition) is 0. The molecule has 4 rings (SSSR count). The predicted octanol–water partition coefficient (Wildman–Crippen LogP) is 2.96. The topological polar surface area (TPSA) is 34.6 Å². The molecule has 1 aromatic heterocycles. The zero-order chi connectivity index (χ0) is 15.6. The molecule has 0 radical (unpaired) electrons. The van der Waals surface area contributed by atoms with Gasteiger partial charge in [-0.15, -0.1) is 0 Å². The van der Waals surface area contributed by atoms with E-state index in [1.165, 1.54) is 0 Å². The summed E-state index contributed by atoms with van der Waals surface area (Å²) in [4.78, 5) is 6.80. The van der Waals surface area contributed by atoms with E-state index in [1.807, 2.05) is 12.1 Å². The van der Waals surface area contributed by atoms with Gasteiger partial charge >= 0.3 is 0 Å². The highest BCUT2D eigenvalue weighted by Gasteiger charge is 2.31. The maximum Gasteiger partial charge on any atom is 0.161 e. The second-order valence-electron chi connectivity index (χ2n) is 6.39. The molecule has 2 saturated heterocycles. The molecule has 3 heterocycles. The van der Waals surface area contributed by atoms with Crippen LogP contribution in [0.5, 0.6) is 0 Å². The Hall–Kier alpha value is -1.56. The molecule has 1 atom stereocenters. The molecular formula is C18H21FN2O2. The quantitative estimate of drug-likeness (QED) is 0.872. The smallest absolute Gasteiger partial charge is 0.161 e. The molecule has 0 spiro atoms. The first-order chi connectivity index (χ1) is 11.3. The van der Waals surface area contributed by atoms with Gasteiger partial charge < -0.3 is 9.47 Å². The van der Waals surface area contributed by atoms with Crippen LogP contribution in [-0.2, 0) is 16.0 Å². The van der Waals surface area contributed by atoms with Gasteiger partial charge in [0.15, 0.2) is 6.29 Å². The van der Waals surface area contributed by atoms with Crippen molar-refractivity contribution < 1.29 is 13.9 Å². The van der Waals surface area contributed by atoms with Gasteiger partial charge in [-0.2, -0.15) is 0 Å². The average molecular weight is 316 g/mol. The van der Waals surface area contributed by atoms with Gasteiger partial charge in [0.25, 0.3) is 0 Å². The van der Waals surface area contributed by atoms with Gasteiger partial charge in [-0.05, 0) is 43.1 Å². The van der Waals surface area contributed by atoms with Crippen molar-refractivity contribution in [1.29, 1.82) is 0 Å². The molecule has 2 aliphatic heterocycles. The molecule has 2 aromatic rings.